The first-order chi connectivity index (χ1) is 13.5. The summed E-state index contributed by atoms with van der Waals surface area (Å²) < 4.78 is 4.80. The predicted molar refractivity (Wildman–Crippen MR) is 108 cm³/mol. The van der Waals surface area contributed by atoms with Crippen molar-refractivity contribution in [1.82, 2.24) is 4.90 Å². The summed E-state index contributed by atoms with van der Waals surface area (Å²) >= 11 is 0. The summed E-state index contributed by atoms with van der Waals surface area (Å²) in [6.45, 7) is 2.69. The van der Waals surface area contributed by atoms with Crippen LogP contribution in [-0.4, -0.2) is 35.7 Å². The third kappa shape index (κ3) is 3.84. The van der Waals surface area contributed by atoms with Gasteiger partial charge in [-0.25, -0.2) is 9.59 Å². The predicted octanol–water partition coefficient (Wildman–Crippen LogP) is 5.14. The molecule has 1 aliphatic heterocycles. The van der Waals surface area contributed by atoms with Crippen molar-refractivity contribution in [3.05, 3.63) is 59.2 Å². The number of hydrogen-bond donors (Lipinski definition) is 1. The fraction of sp³-hybridized carbons (Fsp3) is 0.478. The Balaban J connectivity index is 2.00. The maximum atomic E-state index is 12.2. The molecule has 1 fully saturated rings. The molecule has 1 aromatic rings. The monoisotopic (exact) mass is 383 g/mol. The fourth-order valence-corrected chi connectivity index (χ4v) is 4.72. The van der Waals surface area contributed by atoms with Crippen LogP contribution in [0.2, 0.25) is 0 Å². The number of esters is 1. The Morgan fingerprint density at radius 1 is 1.21 bits per heavy atom. The lowest BCUT2D eigenvalue weighted by molar-refractivity contribution is 0.00833. The van der Waals surface area contributed by atoms with Crippen molar-refractivity contribution in [2.75, 3.05) is 13.7 Å². The smallest absolute Gasteiger partial charge is 0.408 e. The van der Waals surface area contributed by atoms with Crippen LogP contribution in [0.1, 0.15) is 61.4 Å². The summed E-state index contributed by atoms with van der Waals surface area (Å²) in [6, 6.07) is 7.28. The van der Waals surface area contributed by atoms with Gasteiger partial charge in [0, 0.05) is 6.54 Å². The molecule has 0 saturated carbocycles. The second-order valence-corrected chi connectivity index (χ2v) is 7.75. The van der Waals surface area contributed by atoms with Crippen LogP contribution < -0.4 is 0 Å². The van der Waals surface area contributed by atoms with E-state index in [4.69, 9.17) is 4.74 Å². The number of nitrogens with zero attached hydrogens (tertiary/aromatic N) is 1. The quantitative estimate of drug-likeness (QED) is 0.715. The molecule has 2 atom stereocenters. The molecule has 1 aliphatic carbocycles. The van der Waals surface area contributed by atoms with Gasteiger partial charge in [-0.1, -0.05) is 42.9 Å². The number of benzene rings is 1. The zero-order valence-electron chi connectivity index (χ0n) is 16.7. The van der Waals surface area contributed by atoms with Crippen molar-refractivity contribution in [2.24, 2.45) is 5.92 Å². The number of piperidine rings is 1. The van der Waals surface area contributed by atoms with Crippen LogP contribution in [-0.2, 0) is 10.3 Å². The van der Waals surface area contributed by atoms with Gasteiger partial charge < -0.3 is 9.84 Å². The minimum atomic E-state index is -0.878. The molecule has 5 heteroatoms. The SMILES string of the molecule is COC(=O)c1ccc([C@@]2(C(C)CC3=CCCC=C3)CCCCN2C(=O)O)cc1. The van der Waals surface area contributed by atoms with E-state index in [2.05, 4.69) is 25.2 Å². The van der Waals surface area contributed by atoms with Crippen molar-refractivity contribution in [3.63, 3.8) is 0 Å². The second-order valence-electron chi connectivity index (χ2n) is 7.75. The molecule has 0 radical (unpaired) electrons. The van der Waals surface area contributed by atoms with Crippen molar-refractivity contribution in [2.45, 2.75) is 51.0 Å². The lowest BCUT2D eigenvalue weighted by Crippen LogP contribution is -2.55. The van der Waals surface area contributed by atoms with Gasteiger partial charge in [-0.15, -0.1) is 0 Å². The summed E-state index contributed by atoms with van der Waals surface area (Å²) in [5, 5.41) is 9.99. The highest BCUT2D eigenvalue weighted by molar-refractivity contribution is 5.89. The molecule has 1 N–H and O–H groups in total. The Bertz CT molecular complexity index is 780. The summed E-state index contributed by atoms with van der Waals surface area (Å²) in [6.07, 6.45) is 11.3. The molecule has 1 amide bonds. The highest BCUT2D eigenvalue weighted by Crippen LogP contribution is 2.46. The van der Waals surface area contributed by atoms with Crippen LogP contribution in [0.5, 0.6) is 0 Å². The van der Waals surface area contributed by atoms with Gasteiger partial charge in [0.2, 0.25) is 0 Å². The Labute approximate surface area is 166 Å². The average molecular weight is 383 g/mol. The lowest BCUT2D eigenvalue weighted by Gasteiger charge is -2.50. The number of allylic oxidation sites excluding steroid dienone is 4. The minimum absolute atomic E-state index is 0.113. The van der Waals surface area contributed by atoms with Crippen molar-refractivity contribution < 1.29 is 19.4 Å². The topological polar surface area (TPSA) is 66.8 Å². The standard InChI is InChI=1S/C23H29NO4/c1-17(16-18-8-4-3-5-9-18)23(14-6-7-15-24(23)22(26)27)20-12-10-19(11-13-20)21(25)28-2/h4,8-13,17H,3,5-7,14-16H2,1-2H3,(H,26,27)/t17?,23-/m0/s1. The third-order valence-electron chi connectivity index (χ3n) is 6.14. The van der Waals surface area contributed by atoms with Gasteiger partial charge in [-0.05, 0) is 62.1 Å². The van der Waals surface area contributed by atoms with E-state index in [0.717, 1.165) is 44.1 Å². The maximum absolute atomic E-state index is 12.2. The average Bonchev–Trinajstić information content (AvgIpc) is 2.73. The second kappa shape index (κ2) is 8.63. The van der Waals surface area contributed by atoms with Crippen molar-refractivity contribution in [1.29, 1.82) is 0 Å². The summed E-state index contributed by atoms with van der Waals surface area (Å²) in [7, 11) is 1.36. The third-order valence-corrected chi connectivity index (χ3v) is 6.14. The number of methoxy groups -OCH3 is 1. The Morgan fingerprint density at radius 3 is 2.57 bits per heavy atom. The van der Waals surface area contributed by atoms with Crippen LogP contribution in [0.15, 0.2) is 48.1 Å². The van der Waals surface area contributed by atoms with Gasteiger partial charge in [0.25, 0.3) is 0 Å². The molecule has 3 rings (SSSR count). The number of amides is 1. The molecule has 5 nitrogen and oxygen atoms in total. The first kappa shape index (κ1) is 20.2. The number of ether oxygens (including phenoxy) is 1. The van der Waals surface area contributed by atoms with E-state index in [1.807, 2.05) is 12.1 Å². The number of carbonyl (C=O) groups is 2. The van der Waals surface area contributed by atoms with E-state index in [1.165, 1.54) is 12.7 Å². The van der Waals surface area contributed by atoms with Gasteiger partial charge in [-0.2, -0.15) is 0 Å². The van der Waals surface area contributed by atoms with Crippen molar-refractivity contribution >= 4 is 12.1 Å². The van der Waals surface area contributed by atoms with Crippen LogP contribution in [0.3, 0.4) is 0 Å². The molecular weight excluding hydrogens is 354 g/mol. The largest absolute Gasteiger partial charge is 0.465 e. The number of hydrogen-bond acceptors (Lipinski definition) is 3. The first-order valence-corrected chi connectivity index (χ1v) is 10.0. The molecule has 1 heterocycles. The molecule has 1 unspecified atom stereocenters. The molecule has 0 spiro atoms. The van der Waals surface area contributed by atoms with Gasteiger partial charge >= 0.3 is 12.1 Å². The van der Waals surface area contributed by atoms with Gasteiger partial charge in [0.15, 0.2) is 0 Å². The van der Waals surface area contributed by atoms with Crippen LogP contribution >= 0.6 is 0 Å². The van der Waals surface area contributed by atoms with E-state index >= 15 is 0 Å². The molecule has 1 aromatic carbocycles. The summed E-state index contributed by atoms with van der Waals surface area (Å²) in [4.78, 5) is 25.6. The summed E-state index contributed by atoms with van der Waals surface area (Å²) in [5.74, 6) is -0.272. The van der Waals surface area contributed by atoms with Crippen molar-refractivity contribution in [3.8, 4) is 0 Å². The van der Waals surface area contributed by atoms with E-state index < -0.39 is 11.6 Å². The van der Waals surface area contributed by atoms with E-state index in [1.54, 1.807) is 17.0 Å². The molecule has 150 valence electrons. The van der Waals surface area contributed by atoms with Crippen LogP contribution in [0, 0.1) is 5.92 Å². The first-order valence-electron chi connectivity index (χ1n) is 10.0. The van der Waals surface area contributed by atoms with Crippen LogP contribution in [0.25, 0.3) is 0 Å². The number of rotatable bonds is 5. The lowest BCUT2D eigenvalue weighted by atomic mass is 9.69. The Kier molecular flexibility index (Phi) is 6.22. The van der Waals surface area contributed by atoms with Gasteiger partial charge in [0.05, 0.1) is 18.2 Å². The highest BCUT2D eigenvalue weighted by atomic mass is 16.5. The van der Waals surface area contributed by atoms with Gasteiger partial charge in [-0.3, -0.25) is 4.90 Å². The molecular formula is C23H29NO4. The van der Waals surface area contributed by atoms with Crippen LogP contribution in [0.4, 0.5) is 4.79 Å². The normalized spacial score (nSPS) is 23.1. The zero-order chi connectivity index (χ0) is 20.1. The minimum Gasteiger partial charge on any atom is -0.465 e. The summed E-state index contributed by atoms with van der Waals surface area (Å²) in [5.41, 5.74) is 2.12. The molecule has 2 aliphatic rings. The van der Waals surface area contributed by atoms with E-state index in [-0.39, 0.29) is 11.9 Å². The number of carbonyl (C=O) groups excluding carboxylic acids is 1. The van der Waals surface area contributed by atoms with E-state index in [9.17, 15) is 14.7 Å². The fourth-order valence-electron chi connectivity index (χ4n) is 4.72. The zero-order valence-corrected chi connectivity index (χ0v) is 16.7. The molecule has 0 aromatic heterocycles. The Morgan fingerprint density at radius 2 is 1.96 bits per heavy atom. The molecule has 0 bridgehead atoms. The highest BCUT2D eigenvalue weighted by Gasteiger charge is 2.47. The van der Waals surface area contributed by atoms with E-state index in [0.29, 0.717) is 12.1 Å². The number of carboxylic acid groups (broad SMARTS) is 1. The van der Waals surface area contributed by atoms with Gasteiger partial charge in [0.1, 0.15) is 0 Å². The number of likely N-dealkylation sites (tertiary alicyclic amines) is 1. The molecule has 1 saturated heterocycles. The Hall–Kier alpha value is -2.56. The molecule has 28 heavy (non-hydrogen) atoms. The maximum Gasteiger partial charge on any atom is 0.408 e.